The number of anilines is 1. The summed E-state index contributed by atoms with van der Waals surface area (Å²) in [4.78, 5) is 30.5. The van der Waals surface area contributed by atoms with E-state index in [0.717, 1.165) is 29.1 Å². The third-order valence-electron chi connectivity index (χ3n) is 4.18. The van der Waals surface area contributed by atoms with Gasteiger partial charge in [-0.15, -0.1) is 0 Å². The molecular weight excluding hydrogens is 446 g/mol. The third kappa shape index (κ3) is 5.10. The number of rotatable bonds is 6. The minimum atomic E-state index is -3.99. The van der Waals surface area contributed by atoms with Crippen LogP contribution < -0.4 is 10.9 Å². The summed E-state index contributed by atoms with van der Waals surface area (Å²) < 4.78 is 25.3. The Morgan fingerprint density at radius 3 is 2.53 bits per heavy atom. The van der Waals surface area contributed by atoms with E-state index < -0.39 is 20.3 Å². The Kier molecular flexibility index (Phi) is 6.64. The van der Waals surface area contributed by atoms with Crippen molar-refractivity contribution in [3.63, 3.8) is 0 Å². The number of thioether (sulfide) groups is 1. The van der Waals surface area contributed by atoms with Crippen LogP contribution in [0, 0.1) is 13.8 Å². The summed E-state index contributed by atoms with van der Waals surface area (Å²) >= 11 is 6.92. The van der Waals surface area contributed by atoms with Gasteiger partial charge in [0.25, 0.3) is 5.56 Å². The molecule has 0 saturated heterocycles. The number of H-pyrrole nitrogens is 1. The van der Waals surface area contributed by atoms with Crippen LogP contribution in [0.15, 0.2) is 68.4 Å². The molecule has 10 heteroatoms. The molecular formula is C20H18ClN3O4S2. The quantitative estimate of drug-likeness (QED) is 0.427. The Labute approximate surface area is 182 Å². The molecule has 2 N–H and O–H groups in total. The summed E-state index contributed by atoms with van der Waals surface area (Å²) in [6.45, 7) is 3.67. The van der Waals surface area contributed by atoms with E-state index in [0.29, 0.717) is 10.7 Å². The maximum Gasteiger partial charge on any atom is 0.270 e. The number of nitrogens with zero attached hydrogens (tertiary/aromatic N) is 1. The van der Waals surface area contributed by atoms with E-state index >= 15 is 0 Å². The first-order valence-electron chi connectivity index (χ1n) is 8.77. The highest BCUT2D eigenvalue weighted by atomic mass is 35.5. The Morgan fingerprint density at radius 1 is 1.17 bits per heavy atom. The fourth-order valence-electron chi connectivity index (χ4n) is 2.53. The predicted molar refractivity (Wildman–Crippen MR) is 117 cm³/mol. The fourth-order valence-corrected chi connectivity index (χ4v) is 4.56. The number of sulfone groups is 1. The van der Waals surface area contributed by atoms with E-state index in [9.17, 15) is 18.0 Å². The molecule has 0 aliphatic carbocycles. The number of aromatic amines is 1. The lowest BCUT2D eigenvalue weighted by molar-refractivity contribution is -0.113. The summed E-state index contributed by atoms with van der Waals surface area (Å²) in [6.07, 6.45) is 1.01. The number of hydrogen-bond donors (Lipinski definition) is 2. The van der Waals surface area contributed by atoms with Gasteiger partial charge in [0.15, 0.2) is 10.1 Å². The number of amides is 1. The van der Waals surface area contributed by atoms with E-state index in [1.807, 2.05) is 13.8 Å². The maximum absolute atomic E-state index is 12.7. The standard InChI is InChI=1S/C20H18ClN3O4S2/c1-12-3-7-15(8-4-12)30(27,28)17-10-22-20(24-19(17)26)29-11-18(25)23-16-9-14(21)6-5-13(16)2/h3-10H,11H2,1-2H3,(H,23,25)(H,22,24,26). The van der Waals surface area contributed by atoms with Crippen molar-refractivity contribution in [3.8, 4) is 0 Å². The molecule has 0 atom stereocenters. The van der Waals surface area contributed by atoms with Crippen molar-refractivity contribution < 1.29 is 13.2 Å². The average Bonchev–Trinajstić information content (AvgIpc) is 2.69. The molecule has 1 aromatic heterocycles. The van der Waals surface area contributed by atoms with Gasteiger partial charge in [0.1, 0.15) is 0 Å². The molecule has 0 aliphatic heterocycles. The van der Waals surface area contributed by atoms with E-state index in [2.05, 4.69) is 15.3 Å². The minimum absolute atomic E-state index is 0.0112. The van der Waals surface area contributed by atoms with E-state index in [1.54, 1.807) is 30.3 Å². The van der Waals surface area contributed by atoms with Crippen LogP contribution in [-0.2, 0) is 14.6 Å². The highest BCUT2D eigenvalue weighted by molar-refractivity contribution is 7.99. The monoisotopic (exact) mass is 463 g/mol. The summed E-state index contributed by atoms with van der Waals surface area (Å²) in [7, 11) is -3.99. The largest absolute Gasteiger partial charge is 0.325 e. The maximum atomic E-state index is 12.7. The molecule has 0 bridgehead atoms. The molecule has 0 spiro atoms. The lowest BCUT2D eigenvalue weighted by Crippen LogP contribution is -2.20. The summed E-state index contributed by atoms with van der Waals surface area (Å²) in [5, 5.41) is 3.38. The summed E-state index contributed by atoms with van der Waals surface area (Å²) in [6, 6.07) is 11.3. The molecule has 7 nitrogen and oxygen atoms in total. The zero-order valence-electron chi connectivity index (χ0n) is 16.1. The van der Waals surface area contributed by atoms with Gasteiger partial charge >= 0.3 is 0 Å². The van der Waals surface area contributed by atoms with Crippen LogP contribution in [0.3, 0.4) is 0 Å². The van der Waals surface area contributed by atoms with Gasteiger partial charge in [0, 0.05) is 10.7 Å². The van der Waals surface area contributed by atoms with Gasteiger partial charge in [-0.3, -0.25) is 9.59 Å². The molecule has 1 heterocycles. The van der Waals surface area contributed by atoms with Gasteiger partial charge in [0.05, 0.1) is 16.8 Å². The number of hydrogen-bond acceptors (Lipinski definition) is 6. The first kappa shape index (κ1) is 22.1. The molecule has 156 valence electrons. The number of benzene rings is 2. The van der Waals surface area contributed by atoms with Crippen LogP contribution >= 0.6 is 23.4 Å². The molecule has 1 amide bonds. The van der Waals surface area contributed by atoms with Crippen molar-refractivity contribution in [2.75, 3.05) is 11.1 Å². The number of aryl methyl sites for hydroxylation is 2. The topological polar surface area (TPSA) is 109 Å². The highest BCUT2D eigenvalue weighted by Crippen LogP contribution is 2.22. The lowest BCUT2D eigenvalue weighted by atomic mass is 10.2. The normalized spacial score (nSPS) is 11.3. The molecule has 3 aromatic rings. The summed E-state index contributed by atoms with van der Waals surface area (Å²) in [5.74, 6) is -0.344. The zero-order valence-corrected chi connectivity index (χ0v) is 18.5. The van der Waals surface area contributed by atoms with E-state index in [1.165, 1.54) is 12.1 Å². The van der Waals surface area contributed by atoms with Gasteiger partial charge in [-0.1, -0.05) is 47.1 Å². The van der Waals surface area contributed by atoms with Gasteiger partial charge in [-0.05, 0) is 43.7 Å². The van der Waals surface area contributed by atoms with Gasteiger partial charge < -0.3 is 10.3 Å². The lowest BCUT2D eigenvalue weighted by Gasteiger charge is -2.09. The Hall–Kier alpha value is -2.62. The Bertz CT molecular complexity index is 1260. The minimum Gasteiger partial charge on any atom is -0.325 e. The molecule has 3 rings (SSSR count). The van der Waals surface area contributed by atoms with Crippen LogP contribution in [0.2, 0.25) is 5.02 Å². The van der Waals surface area contributed by atoms with Crippen LogP contribution in [0.5, 0.6) is 0 Å². The number of aromatic nitrogens is 2. The second kappa shape index (κ2) is 9.03. The van der Waals surface area contributed by atoms with Crippen molar-refractivity contribution in [2.45, 2.75) is 28.8 Å². The SMILES string of the molecule is Cc1ccc(S(=O)(=O)c2cnc(SCC(=O)Nc3cc(Cl)ccc3C)[nH]c2=O)cc1. The molecule has 0 aliphatic rings. The second-order valence-electron chi connectivity index (χ2n) is 6.49. The number of nitrogens with one attached hydrogen (secondary N) is 2. The van der Waals surface area contributed by atoms with Crippen LogP contribution in [0.4, 0.5) is 5.69 Å². The van der Waals surface area contributed by atoms with Crippen LogP contribution in [0.25, 0.3) is 0 Å². The van der Waals surface area contributed by atoms with Crippen molar-refractivity contribution in [3.05, 3.63) is 75.2 Å². The Morgan fingerprint density at radius 2 is 1.87 bits per heavy atom. The molecule has 30 heavy (non-hydrogen) atoms. The number of halogens is 1. The molecule has 0 radical (unpaired) electrons. The highest BCUT2D eigenvalue weighted by Gasteiger charge is 2.22. The Balaban J connectivity index is 1.71. The number of carbonyl (C=O) groups is 1. The predicted octanol–water partition coefficient (Wildman–Crippen LogP) is 3.60. The van der Waals surface area contributed by atoms with Crippen LogP contribution in [-0.4, -0.2) is 30.0 Å². The van der Waals surface area contributed by atoms with Crippen molar-refractivity contribution in [1.82, 2.24) is 9.97 Å². The van der Waals surface area contributed by atoms with Gasteiger partial charge in [-0.2, -0.15) is 0 Å². The van der Waals surface area contributed by atoms with Gasteiger partial charge in [0.2, 0.25) is 15.7 Å². The molecule has 0 fully saturated rings. The number of carbonyl (C=O) groups excluding carboxylic acids is 1. The summed E-state index contributed by atoms with van der Waals surface area (Å²) in [5.41, 5.74) is 1.56. The van der Waals surface area contributed by atoms with E-state index in [-0.39, 0.29) is 21.7 Å². The van der Waals surface area contributed by atoms with E-state index in [4.69, 9.17) is 11.6 Å². The molecule has 0 saturated carbocycles. The first-order valence-corrected chi connectivity index (χ1v) is 11.6. The second-order valence-corrected chi connectivity index (χ2v) is 9.81. The van der Waals surface area contributed by atoms with Gasteiger partial charge in [-0.25, -0.2) is 13.4 Å². The molecule has 2 aromatic carbocycles. The van der Waals surface area contributed by atoms with Crippen molar-refractivity contribution in [1.29, 1.82) is 0 Å². The van der Waals surface area contributed by atoms with Crippen molar-refractivity contribution in [2.24, 2.45) is 0 Å². The third-order valence-corrected chi connectivity index (χ3v) is 7.06. The zero-order chi connectivity index (χ0) is 21.9. The molecule has 0 unspecified atom stereocenters. The fraction of sp³-hybridized carbons (Fsp3) is 0.150. The van der Waals surface area contributed by atoms with Crippen LogP contribution in [0.1, 0.15) is 11.1 Å². The first-order chi connectivity index (χ1) is 14.2. The average molecular weight is 464 g/mol. The van der Waals surface area contributed by atoms with Crippen molar-refractivity contribution >= 4 is 44.8 Å². The smallest absolute Gasteiger partial charge is 0.270 e.